The Bertz CT molecular complexity index is 1180. The van der Waals surface area contributed by atoms with E-state index in [0.29, 0.717) is 28.8 Å². The molecule has 0 spiro atoms. The number of rotatable bonds is 6. The first kappa shape index (κ1) is 19.7. The molecule has 0 fully saturated rings. The van der Waals surface area contributed by atoms with E-state index in [9.17, 15) is 4.79 Å². The van der Waals surface area contributed by atoms with Crippen molar-refractivity contribution in [2.45, 2.75) is 26.2 Å². The fourth-order valence-electron chi connectivity index (χ4n) is 3.29. The minimum atomic E-state index is -0.189. The molecule has 0 aliphatic carbocycles. The van der Waals surface area contributed by atoms with Crippen LogP contribution in [0.1, 0.15) is 42.1 Å². The maximum atomic E-state index is 12.5. The van der Waals surface area contributed by atoms with Crippen molar-refractivity contribution in [3.8, 4) is 17.2 Å². The summed E-state index contributed by atoms with van der Waals surface area (Å²) >= 11 is 0. The fraction of sp³-hybridized carbons (Fsp3) is 0.200. The molecular weight excluding hydrogens is 376 g/mol. The lowest BCUT2D eigenvalue weighted by Gasteiger charge is -2.07. The summed E-state index contributed by atoms with van der Waals surface area (Å²) in [5.41, 5.74) is 4.89. The number of anilines is 1. The van der Waals surface area contributed by atoms with E-state index in [1.165, 1.54) is 5.56 Å². The number of fused-ring (bicyclic) bond motifs is 1. The van der Waals surface area contributed by atoms with Crippen LogP contribution in [0.5, 0.6) is 5.75 Å². The van der Waals surface area contributed by atoms with E-state index < -0.39 is 0 Å². The number of nitrogens with one attached hydrogen (secondary N) is 1. The number of ether oxygens (including phenoxy) is 1. The summed E-state index contributed by atoms with van der Waals surface area (Å²) in [5.74, 6) is 1.53. The smallest absolute Gasteiger partial charge is 0.255 e. The lowest BCUT2D eigenvalue weighted by atomic mass is 9.98. The molecule has 30 heavy (non-hydrogen) atoms. The minimum Gasteiger partial charge on any atom is -0.497 e. The second-order valence-corrected chi connectivity index (χ2v) is 7.32. The fourth-order valence-corrected chi connectivity index (χ4v) is 3.29. The third kappa shape index (κ3) is 4.06. The van der Waals surface area contributed by atoms with E-state index in [0.717, 1.165) is 23.1 Å². The molecule has 0 saturated heterocycles. The van der Waals surface area contributed by atoms with E-state index in [1.807, 2.05) is 30.3 Å². The van der Waals surface area contributed by atoms with Gasteiger partial charge in [-0.15, -0.1) is 0 Å². The van der Waals surface area contributed by atoms with Gasteiger partial charge in [0.15, 0.2) is 5.58 Å². The first-order chi connectivity index (χ1) is 14.6. The summed E-state index contributed by atoms with van der Waals surface area (Å²) in [4.78, 5) is 17.2. The van der Waals surface area contributed by atoms with Crippen LogP contribution in [0.2, 0.25) is 0 Å². The van der Waals surface area contributed by atoms with Gasteiger partial charge < -0.3 is 14.5 Å². The van der Waals surface area contributed by atoms with Crippen LogP contribution >= 0.6 is 0 Å². The van der Waals surface area contributed by atoms with Crippen molar-refractivity contribution in [3.05, 3.63) is 77.9 Å². The molecule has 1 N–H and O–H groups in total. The Morgan fingerprint density at radius 2 is 1.90 bits per heavy atom. The van der Waals surface area contributed by atoms with E-state index in [1.54, 1.807) is 31.4 Å². The van der Waals surface area contributed by atoms with Crippen molar-refractivity contribution in [2.75, 3.05) is 12.4 Å². The molecule has 0 radical (unpaired) electrons. The topological polar surface area (TPSA) is 64.4 Å². The number of benzene rings is 3. The highest BCUT2D eigenvalue weighted by Crippen LogP contribution is 2.29. The van der Waals surface area contributed by atoms with E-state index in [-0.39, 0.29) is 5.91 Å². The average molecular weight is 400 g/mol. The molecule has 0 aliphatic heterocycles. The highest BCUT2D eigenvalue weighted by atomic mass is 16.5. The van der Waals surface area contributed by atoms with Gasteiger partial charge in [-0.3, -0.25) is 4.79 Å². The lowest BCUT2D eigenvalue weighted by Crippen LogP contribution is -2.11. The van der Waals surface area contributed by atoms with Crippen molar-refractivity contribution >= 4 is 22.7 Å². The van der Waals surface area contributed by atoms with E-state index in [4.69, 9.17) is 9.15 Å². The number of amides is 1. The molecular formula is C25H24N2O3. The quantitative estimate of drug-likeness (QED) is 0.414. The number of methoxy groups -OCH3 is 1. The third-order valence-electron chi connectivity index (χ3n) is 5.31. The van der Waals surface area contributed by atoms with Crippen LogP contribution in [0.4, 0.5) is 5.69 Å². The zero-order chi connectivity index (χ0) is 21.1. The number of hydrogen-bond donors (Lipinski definition) is 1. The van der Waals surface area contributed by atoms with Gasteiger partial charge in [0.2, 0.25) is 5.89 Å². The molecule has 0 unspecified atom stereocenters. The Balaban J connectivity index is 1.57. The molecule has 5 heteroatoms. The standard InChI is InChI=1S/C25H24N2O3/c1-4-16(2)18-10-13-23-22(15-18)27-25(30-23)19-6-5-7-20(14-19)26-24(28)17-8-11-21(29-3)12-9-17/h5-16H,4H2,1-3H3,(H,26,28)/t16-/m0/s1. The predicted octanol–water partition coefficient (Wildman–Crippen LogP) is 6.27. The summed E-state index contributed by atoms with van der Waals surface area (Å²) < 4.78 is 11.1. The third-order valence-corrected chi connectivity index (χ3v) is 5.31. The van der Waals surface area contributed by atoms with Gasteiger partial charge >= 0.3 is 0 Å². The first-order valence-corrected chi connectivity index (χ1v) is 10.0. The van der Waals surface area contributed by atoms with E-state index >= 15 is 0 Å². The van der Waals surface area contributed by atoms with Crippen molar-refractivity contribution < 1.29 is 13.9 Å². The summed E-state index contributed by atoms with van der Waals surface area (Å²) in [6.45, 7) is 4.38. The van der Waals surface area contributed by atoms with E-state index in [2.05, 4.69) is 36.3 Å². The van der Waals surface area contributed by atoms with Gasteiger partial charge in [0, 0.05) is 16.8 Å². The molecule has 4 rings (SSSR count). The molecule has 5 nitrogen and oxygen atoms in total. The maximum Gasteiger partial charge on any atom is 0.255 e. The van der Waals surface area contributed by atoms with Crippen LogP contribution in [0.25, 0.3) is 22.6 Å². The molecule has 1 heterocycles. The largest absolute Gasteiger partial charge is 0.497 e. The Labute approximate surface area is 175 Å². The zero-order valence-corrected chi connectivity index (χ0v) is 17.3. The van der Waals surface area contributed by atoms with Gasteiger partial charge in [0.05, 0.1) is 7.11 Å². The number of aromatic nitrogens is 1. The molecule has 1 aromatic heterocycles. The minimum absolute atomic E-state index is 0.189. The van der Waals surface area contributed by atoms with Crippen LogP contribution in [0, 0.1) is 0 Å². The summed E-state index contributed by atoms with van der Waals surface area (Å²) in [7, 11) is 1.60. The summed E-state index contributed by atoms with van der Waals surface area (Å²) in [6, 6.07) is 20.6. The van der Waals surface area contributed by atoms with Crippen LogP contribution in [0.15, 0.2) is 71.1 Å². The molecule has 1 atom stereocenters. The SMILES string of the molecule is CC[C@H](C)c1ccc2oc(-c3cccc(NC(=O)c4ccc(OC)cc4)c3)nc2c1. The second-order valence-electron chi connectivity index (χ2n) is 7.32. The molecule has 3 aromatic carbocycles. The highest BCUT2D eigenvalue weighted by Gasteiger charge is 2.12. The van der Waals surface area contributed by atoms with Gasteiger partial charge in [0.1, 0.15) is 11.3 Å². The van der Waals surface area contributed by atoms with Gasteiger partial charge in [0.25, 0.3) is 5.91 Å². The van der Waals surface area contributed by atoms with Gasteiger partial charge in [-0.2, -0.15) is 0 Å². The molecule has 0 saturated carbocycles. The Morgan fingerprint density at radius 1 is 1.10 bits per heavy atom. The predicted molar refractivity (Wildman–Crippen MR) is 119 cm³/mol. The lowest BCUT2D eigenvalue weighted by molar-refractivity contribution is 0.102. The van der Waals surface area contributed by atoms with Gasteiger partial charge in [-0.05, 0) is 72.5 Å². The van der Waals surface area contributed by atoms with Gasteiger partial charge in [-0.25, -0.2) is 4.98 Å². The Morgan fingerprint density at radius 3 is 2.63 bits per heavy atom. The van der Waals surface area contributed by atoms with Crippen molar-refractivity contribution in [1.29, 1.82) is 0 Å². The molecule has 0 bridgehead atoms. The second kappa shape index (κ2) is 8.41. The molecule has 0 aliphatic rings. The Hall–Kier alpha value is -3.60. The normalized spacial score (nSPS) is 12.0. The van der Waals surface area contributed by atoms with Crippen molar-refractivity contribution in [2.24, 2.45) is 0 Å². The van der Waals surface area contributed by atoms with Crippen LogP contribution in [-0.2, 0) is 0 Å². The van der Waals surface area contributed by atoms with Crippen LogP contribution < -0.4 is 10.1 Å². The highest BCUT2D eigenvalue weighted by molar-refractivity contribution is 6.04. The number of oxazole rings is 1. The summed E-state index contributed by atoms with van der Waals surface area (Å²) in [5, 5.41) is 2.92. The zero-order valence-electron chi connectivity index (χ0n) is 17.3. The monoisotopic (exact) mass is 400 g/mol. The maximum absolute atomic E-state index is 12.5. The van der Waals surface area contributed by atoms with Crippen LogP contribution in [0.3, 0.4) is 0 Å². The number of hydrogen-bond acceptors (Lipinski definition) is 4. The first-order valence-electron chi connectivity index (χ1n) is 10.0. The molecule has 1 amide bonds. The number of nitrogens with zero attached hydrogens (tertiary/aromatic N) is 1. The van der Waals surface area contributed by atoms with Crippen molar-refractivity contribution in [3.63, 3.8) is 0 Å². The Kier molecular flexibility index (Phi) is 5.53. The van der Waals surface area contributed by atoms with Crippen LogP contribution in [-0.4, -0.2) is 18.0 Å². The number of carbonyl (C=O) groups excluding carboxylic acids is 1. The summed E-state index contributed by atoms with van der Waals surface area (Å²) in [6.07, 6.45) is 1.08. The van der Waals surface area contributed by atoms with Crippen molar-refractivity contribution in [1.82, 2.24) is 4.98 Å². The number of carbonyl (C=O) groups is 1. The molecule has 152 valence electrons. The average Bonchev–Trinajstić information content (AvgIpc) is 3.22. The molecule has 4 aromatic rings. The van der Waals surface area contributed by atoms with Gasteiger partial charge in [-0.1, -0.05) is 26.0 Å².